The highest BCUT2D eigenvalue weighted by Crippen LogP contribution is 2.34. The Bertz CT molecular complexity index is 984. The SMILES string of the molecule is Cc1sc(-c2ccccc2)nc1C[C@H]1[C@@H](NS(C)(=O)=O)CCN1C(=O)C1CCC1. The highest BCUT2D eigenvalue weighted by atomic mass is 32.2. The summed E-state index contributed by atoms with van der Waals surface area (Å²) in [5.41, 5.74) is 2.03. The maximum atomic E-state index is 13.0. The standard InChI is InChI=1S/C21H27N3O3S2/c1-14-18(22-20(28-14)15-7-4-3-5-8-15)13-19-17(23-29(2,26)27)11-12-24(19)21(25)16-9-6-10-16/h3-5,7-8,16-17,19,23H,6,9-13H2,1-2H3/t17-,19-/m0/s1. The van der Waals surface area contributed by atoms with Gasteiger partial charge in [-0.05, 0) is 26.2 Å². The molecule has 0 unspecified atom stereocenters. The Kier molecular flexibility index (Phi) is 5.77. The summed E-state index contributed by atoms with van der Waals surface area (Å²) in [6, 6.07) is 9.59. The monoisotopic (exact) mass is 433 g/mol. The number of hydrogen-bond acceptors (Lipinski definition) is 5. The van der Waals surface area contributed by atoms with Crippen LogP contribution in [0.2, 0.25) is 0 Å². The Morgan fingerprint density at radius 2 is 1.97 bits per heavy atom. The van der Waals surface area contributed by atoms with E-state index in [-0.39, 0.29) is 23.9 Å². The van der Waals surface area contributed by atoms with E-state index in [4.69, 9.17) is 4.98 Å². The lowest BCUT2D eigenvalue weighted by atomic mass is 9.84. The summed E-state index contributed by atoms with van der Waals surface area (Å²) in [5, 5.41) is 0.959. The predicted octanol–water partition coefficient (Wildman–Crippen LogP) is 2.98. The van der Waals surface area contributed by atoms with E-state index in [9.17, 15) is 13.2 Å². The van der Waals surface area contributed by atoms with Gasteiger partial charge in [-0.2, -0.15) is 0 Å². The van der Waals surface area contributed by atoms with Crippen LogP contribution in [0.5, 0.6) is 0 Å². The van der Waals surface area contributed by atoms with Crippen molar-refractivity contribution >= 4 is 27.3 Å². The molecule has 2 aliphatic rings. The Balaban J connectivity index is 1.59. The van der Waals surface area contributed by atoms with Crippen LogP contribution >= 0.6 is 11.3 Å². The highest BCUT2D eigenvalue weighted by molar-refractivity contribution is 7.88. The Labute approximate surface area is 176 Å². The van der Waals surface area contributed by atoms with Gasteiger partial charge in [-0.1, -0.05) is 36.8 Å². The van der Waals surface area contributed by atoms with Gasteiger partial charge in [-0.3, -0.25) is 4.79 Å². The molecule has 2 aromatic rings. The molecule has 1 aromatic carbocycles. The van der Waals surface area contributed by atoms with Gasteiger partial charge >= 0.3 is 0 Å². The molecule has 6 nitrogen and oxygen atoms in total. The normalized spacial score (nSPS) is 22.6. The summed E-state index contributed by atoms with van der Waals surface area (Å²) in [4.78, 5) is 20.9. The number of aryl methyl sites for hydroxylation is 1. The van der Waals surface area contributed by atoms with Crippen LogP contribution in [-0.2, 0) is 21.2 Å². The van der Waals surface area contributed by atoms with E-state index in [2.05, 4.69) is 4.72 Å². The van der Waals surface area contributed by atoms with Crippen LogP contribution in [0, 0.1) is 12.8 Å². The van der Waals surface area contributed by atoms with Crippen LogP contribution < -0.4 is 4.72 Å². The van der Waals surface area contributed by atoms with Gasteiger partial charge in [0.15, 0.2) is 0 Å². The first-order chi connectivity index (χ1) is 13.8. The molecule has 1 saturated heterocycles. The van der Waals surface area contributed by atoms with E-state index in [0.29, 0.717) is 19.4 Å². The smallest absolute Gasteiger partial charge is 0.225 e. The predicted molar refractivity (Wildman–Crippen MR) is 115 cm³/mol. The molecule has 1 N–H and O–H groups in total. The van der Waals surface area contributed by atoms with Crippen LogP contribution in [-0.4, -0.2) is 49.1 Å². The van der Waals surface area contributed by atoms with Crippen LogP contribution in [0.4, 0.5) is 0 Å². The molecule has 156 valence electrons. The maximum absolute atomic E-state index is 13.0. The molecule has 1 aromatic heterocycles. The van der Waals surface area contributed by atoms with Crippen molar-refractivity contribution in [2.24, 2.45) is 5.92 Å². The summed E-state index contributed by atoms with van der Waals surface area (Å²) in [6.07, 6.45) is 5.39. The number of carbonyl (C=O) groups excluding carboxylic acids is 1. The van der Waals surface area contributed by atoms with Crippen molar-refractivity contribution in [2.75, 3.05) is 12.8 Å². The first-order valence-corrected chi connectivity index (χ1v) is 12.8. The number of aromatic nitrogens is 1. The van der Waals surface area contributed by atoms with Crippen molar-refractivity contribution in [3.8, 4) is 10.6 Å². The van der Waals surface area contributed by atoms with Crippen LogP contribution in [0.15, 0.2) is 30.3 Å². The van der Waals surface area contributed by atoms with E-state index < -0.39 is 10.0 Å². The molecule has 8 heteroatoms. The van der Waals surface area contributed by atoms with E-state index in [1.807, 2.05) is 42.2 Å². The second-order valence-corrected chi connectivity index (χ2v) is 11.1. The van der Waals surface area contributed by atoms with Crippen molar-refractivity contribution < 1.29 is 13.2 Å². The molecular formula is C21H27N3O3S2. The molecule has 0 bridgehead atoms. The molecule has 1 saturated carbocycles. The number of nitrogens with one attached hydrogen (secondary N) is 1. The fourth-order valence-electron chi connectivity index (χ4n) is 4.20. The van der Waals surface area contributed by atoms with Gasteiger partial charge in [0.1, 0.15) is 5.01 Å². The number of hydrogen-bond donors (Lipinski definition) is 1. The third-order valence-corrected chi connectivity index (χ3v) is 7.76. The van der Waals surface area contributed by atoms with Crippen LogP contribution in [0.25, 0.3) is 10.6 Å². The summed E-state index contributed by atoms with van der Waals surface area (Å²) in [6.45, 7) is 2.65. The fourth-order valence-corrected chi connectivity index (χ4v) is 5.97. The Morgan fingerprint density at radius 1 is 1.24 bits per heavy atom. The average Bonchev–Trinajstić information content (AvgIpc) is 3.17. The van der Waals surface area contributed by atoms with Crippen molar-refractivity contribution in [2.45, 2.75) is 51.1 Å². The molecule has 29 heavy (non-hydrogen) atoms. The Hall–Kier alpha value is -1.77. The molecule has 2 atom stereocenters. The third kappa shape index (κ3) is 4.54. The lowest BCUT2D eigenvalue weighted by molar-refractivity contribution is -0.139. The van der Waals surface area contributed by atoms with Gasteiger partial charge in [0.05, 0.1) is 18.0 Å². The zero-order valence-electron chi connectivity index (χ0n) is 16.8. The minimum Gasteiger partial charge on any atom is -0.337 e. The minimum atomic E-state index is -3.35. The second kappa shape index (κ2) is 8.16. The number of carbonyl (C=O) groups is 1. The summed E-state index contributed by atoms with van der Waals surface area (Å²) < 4.78 is 26.5. The molecule has 0 radical (unpaired) electrons. The fraction of sp³-hybridized carbons (Fsp3) is 0.524. The maximum Gasteiger partial charge on any atom is 0.225 e. The zero-order chi connectivity index (χ0) is 20.6. The number of amides is 1. The lowest BCUT2D eigenvalue weighted by Crippen LogP contribution is -2.49. The van der Waals surface area contributed by atoms with Crippen molar-refractivity contribution in [3.05, 3.63) is 40.9 Å². The van der Waals surface area contributed by atoms with Crippen LogP contribution in [0.3, 0.4) is 0 Å². The number of thiazole rings is 1. The van der Waals surface area contributed by atoms with Gasteiger partial charge in [-0.15, -0.1) is 11.3 Å². The van der Waals surface area contributed by atoms with Crippen molar-refractivity contribution in [1.82, 2.24) is 14.6 Å². The molecule has 0 spiro atoms. The van der Waals surface area contributed by atoms with Gasteiger partial charge in [0.2, 0.25) is 15.9 Å². The lowest BCUT2D eigenvalue weighted by Gasteiger charge is -2.34. The number of sulfonamides is 1. The molecular weight excluding hydrogens is 406 g/mol. The number of benzene rings is 1. The van der Waals surface area contributed by atoms with E-state index >= 15 is 0 Å². The van der Waals surface area contributed by atoms with Gasteiger partial charge in [0, 0.05) is 35.4 Å². The van der Waals surface area contributed by atoms with E-state index in [0.717, 1.165) is 40.4 Å². The molecule has 4 rings (SSSR count). The molecule has 2 fully saturated rings. The van der Waals surface area contributed by atoms with Gasteiger partial charge < -0.3 is 4.90 Å². The number of likely N-dealkylation sites (tertiary alicyclic amines) is 1. The average molecular weight is 434 g/mol. The second-order valence-electron chi connectivity index (χ2n) is 8.10. The van der Waals surface area contributed by atoms with Gasteiger partial charge in [0.25, 0.3) is 0 Å². The summed E-state index contributed by atoms with van der Waals surface area (Å²) >= 11 is 1.64. The largest absolute Gasteiger partial charge is 0.337 e. The van der Waals surface area contributed by atoms with Gasteiger partial charge in [-0.25, -0.2) is 18.1 Å². The zero-order valence-corrected chi connectivity index (χ0v) is 18.4. The van der Waals surface area contributed by atoms with Crippen LogP contribution in [0.1, 0.15) is 36.3 Å². The van der Waals surface area contributed by atoms with E-state index in [1.54, 1.807) is 11.3 Å². The Morgan fingerprint density at radius 3 is 2.59 bits per heavy atom. The first kappa shape index (κ1) is 20.5. The molecule has 2 heterocycles. The van der Waals surface area contributed by atoms with E-state index in [1.165, 1.54) is 6.26 Å². The molecule has 1 aliphatic heterocycles. The summed E-state index contributed by atoms with van der Waals surface area (Å²) in [5.74, 6) is 0.279. The minimum absolute atomic E-state index is 0.103. The number of rotatable bonds is 6. The summed E-state index contributed by atoms with van der Waals surface area (Å²) in [7, 11) is -3.35. The third-order valence-electron chi connectivity index (χ3n) is 5.96. The highest BCUT2D eigenvalue weighted by Gasteiger charge is 2.42. The van der Waals surface area contributed by atoms with Crippen molar-refractivity contribution in [1.29, 1.82) is 0 Å². The quantitative estimate of drug-likeness (QED) is 0.760. The van der Waals surface area contributed by atoms with Crippen molar-refractivity contribution in [3.63, 3.8) is 0 Å². The topological polar surface area (TPSA) is 79.4 Å². The number of nitrogens with zero attached hydrogens (tertiary/aromatic N) is 2. The first-order valence-electron chi connectivity index (χ1n) is 10.1. The molecule has 1 aliphatic carbocycles. The molecule has 1 amide bonds.